The number of piperazine rings is 4. The zero-order valence-electron chi connectivity index (χ0n) is 71.6. The van der Waals surface area contributed by atoms with E-state index in [1.807, 2.05) is 72.8 Å². The third kappa shape index (κ3) is 22.3. The molecule has 12 heterocycles. The molecule has 8 aromatic rings. The van der Waals surface area contributed by atoms with E-state index in [0.29, 0.717) is 89.7 Å². The van der Waals surface area contributed by atoms with Crippen LogP contribution < -0.4 is 60.9 Å². The number of carbonyl (C=O) groups is 4. The molecule has 33 heteroatoms. The van der Waals surface area contributed by atoms with Crippen LogP contribution in [0.2, 0.25) is 0 Å². The van der Waals surface area contributed by atoms with Crippen molar-refractivity contribution in [1.29, 1.82) is 0 Å². The van der Waals surface area contributed by atoms with Gasteiger partial charge in [-0.1, -0.05) is 69.0 Å². The molecule has 0 atom stereocenters. The second kappa shape index (κ2) is 42.1. The molecule has 0 spiro atoms. The van der Waals surface area contributed by atoms with E-state index in [-0.39, 0.29) is 23.6 Å². The zero-order valence-corrected chi connectivity index (χ0v) is 74.8. The Morgan fingerprint density at radius 3 is 0.944 bits per heavy atom. The number of para-hydroxylation sites is 2. The van der Waals surface area contributed by atoms with Gasteiger partial charge < -0.3 is 63.9 Å². The van der Waals surface area contributed by atoms with Crippen LogP contribution in [0.25, 0.3) is 6.08 Å². The lowest BCUT2D eigenvalue weighted by Gasteiger charge is -2.37. The minimum Gasteiger partial charge on any atom is -0.506 e. The quantitative estimate of drug-likeness (QED) is 0.0628. The van der Waals surface area contributed by atoms with Crippen LogP contribution in [0.1, 0.15) is 118 Å². The number of aromatic nitrogens is 4. The fourth-order valence-electron chi connectivity index (χ4n) is 16.1. The Hall–Kier alpha value is -12.5. The number of hydrogen-bond acceptors (Lipinski definition) is 21. The number of hydrazone groups is 4. The van der Waals surface area contributed by atoms with Crippen molar-refractivity contribution < 1.29 is 24.3 Å². The second-order valence-corrected chi connectivity index (χ2v) is 32.9. The number of hydrogen-bond donors (Lipinski definition) is 5. The molecule has 4 saturated heterocycles. The Morgan fingerprint density at radius 1 is 0.371 bits per heavy atom. The van der Waals surface area contributed by atoms with Crippen molar-refractivity contribution in [3.63, 3.8) is 0 Å². The molecule has 646 valence electrons. The van der Waals surface area contributed by atoms with E-state index in [1.54, 1.807) is 78.1 Å². The number of amides is 4. The van der Waals surface area contributed by atoms with Crippen molar-refractivity contribution in [1.82, 2.24) is 61.2 Å². The number of phenolic OH excluding ortho intramolecular Hbond substituents is 1. The first-order valence-corrected chi connectivity index (χ1v) is 43.7. The highest BCUT2D eigenvalue weighted by Crippen LogP contribution is 2.33. The highest BCUT2D eigenvalue weighted by molar-refractivity contribution is 7.80. The van der Waals surface area contributed by atoms with Gasteiger partial charge in [-0.2, -0.15) is 20.4 Å². The van der Waals surface area contributed by atoms with Gasteiger partial charge in [-0.25, -0.2) is 0 Å². The average molecular weight is 1750 g/mol. The molecule has 0 bridgehead atoms. The summed E-state index contributed by atoms with van der Waals surface area (Å²) in [6.45, 7) is 34.6. The maximum absolute atomic E-state index is 11.9. The standard InChI is InChI=1S/C24H30N6OS.C23H28N6OS.C23H26N6OS.C21H24N6O2S/c1-17(2)19-6-8-20(9-7-19)28-13-15-29(16-14-28)24(32)27-26-21-10-12-30(18(3)31)22-5-4-11-25-23(21)22;1-16-13-17(2)15-19(14-16)27-9-11-28(12-10-27)23(31)26-25-20-6-8-29(18(3)30)21-5-4-7-24-22(20)21;1-3-18-6-8-19(9-7-18)27-13-15-28(16-14-27)23(31)26-25-20-10-12-29(17(2)30)21-5-4-11-24-22(20)21;1-15(28)27-10-8-16(20-18(27)6-4-9-22-20)23-24-21(30)26-13-11-25(12-14-26)17-5-2-3-7-19(17)29/h4-9,11,17H,10,12-16H2,1-3H3,(H,27,32);4-5,7,13-15H,6,8-12H2,1-3H3,(H,26,31);3-9,11H,1,10,12-16H2,2H3,(H,26,31);2-7,9,29H,8,10-14H2,1H3,(H,24,30)/b26-21-;2*25-20-;23-16-. The number of fused-ring (bicyclic) bond motifs is 4. The van der Waals surface area contributed by atoms with Crippen molar-refractivity contribution in [3.05, 3.63) is 216 Å². The van der Waals surface area contributed by atoms with E-state index >= 15 is 0 Å². The van der Waals surface area contributed by atoms with E-state index in [2.05, 4.69) is 202 Å². The minimum absolute atomic E-state index is 0.00546. The first kappa shape index (κ1) is 89.3. The molecular weight excluding hydrogens is 1640 g/mol. The van der Waals surface area contributed by atoms with Crippen molar-refractivity contribution in [3.8, 4) is 5.75 Å². The molecule has 124 heavy (non-hydrogen) atoms. The number of thiocarbonyl (C=S) groups is 4. The monoisotopic (exact) mass is 1740 g/mol. The molecule has 5 N–H and O–H groups in total. The predicted octanol–water partition coefficient (Wildman–Crippen LogP) is 11.0. The molecule has 0 saturated carbocycles. The van der Waals surface area contributed by atoms with Crippen LogP contribution in [0.4, 0.5) is 45.5 Å². The molecule has 4 amide bonds. The fraction of sp³-hybridized carbons (Fsp3) is 0.363. The van der Waals surface area contributed by atoms with Gasteiger partial charge in [-0.05, 0) is 188 Å². The lowest BCUT2D eigenvalue weighted by molar-refractivity contribution is -0.117. The molecule has 0 aliphatic carbocycles. The Kier molecular flexibility index (Phi) is 30.3. The van der Waals surface area contributed by atoms with Crippen LogP contribution in [0.5, 0.6) is 5.75 Å². The van der Waals surface area contributed by atoms with Crippen molar-refractivity contribution >= 4 is 167 Å². The summed E-state index contributed by atoms with van der Waals surface area (Å²) in [5.41, 5.74) is 31.2. The highest BCUT2D eigenvalue weighted by atomic mass is 32.1. The van der Waals surface area contributed by atoms with E-state index in [4.69, 9.17) is 48.9 Å². The summed E-state index contributed by atoms with van der Waals surface area (Å²) < 4.78 is 0. The Balaban J connectivity index is 0.000000142. The summed E-state index contributed by atoms with van der Waals surface area (Å²) >= 11 is 22.3. The maximum Gasteiger partial charge on any atom is 0.223 e. The summed E-state index contributed by atoms with van der Waals surface area (Å²) in [5, 5.41) is 30.7. The number of anilines is 8. The van der Waals surface area contributed by atoms with Gasteiger partial charge in [0.15, 0.2) is 20.4 Å². The summed E-state index contributed by atoms with van der Waals surface area (Å²) in [7, 11) is 0. The zero-order chi connectivity index (χ0) is 87.5. The molecule has 0 unspecified atom stereocenters. The van der Waals surface area contributed by atoms with Crippen LogP contribution in [0.15, 0.2) is 191 Å². The number of nitrogens with zero attached hydrogens (tertiary/aromatic N) is 20. The van der Waals surface area contributed by atoms with Crippen molar-refractivity contribution in [2.45, 2.75) is 87.0 Å². The Morgan fingerprint density at radius 2 is 0.653 bits per heavy atom. The number of pyridine rings is 4. The molecule has 0 radical (unpaired) electrons. The molecule has 4 aromatic carbocycles. The average Bonchev–Trinajstić information content (AvgIpc) is 0.806. The Bertz CT molecular complexity index is 5330. The molecule has 29 nitrogen and oxygen atoms in total. The number of aromatic hydroxyl groups is 1. The lowest BCUT2D eigenvalue weighted by Crippen LogP contribution is -2.51. The molecule has 4 fully saturated rings. The van der Waals surface area contributed by atoms with Crippen LogP contribution in [-0.2, 0) is 19.2 Å². The summed E-state index contributed by atoms with van der Waals surface area (Å²) in [6.07, 6.45) is 11.2. The van der Waals surface area contributed by atoms with E-state index in [0.717, 1.165) is 179 Å². The third-order valence-corrected chi connectivity index (χ3v) is 24.2. The molecular formula is C91H108N24O5S4. The molecule has 8 aliphatic rings. The Labute approximate surface area is 747 Å². The van der Waals surface area contributed by atoms with Gasteiger partial charge in [-0.15, -0.1) is 0 Å². The van der Waals surface area contributed by atoms with Gasteiger partial charge >= 0.3 is 0 Å². The smallest absolute Gasteiger partial charge is 0.223 e. The first-order chi connectivity index (χ1) is 60.0. The highest BCUT2D eigenvalue weighted by Gasteiger charge is 2.32. The van der Waals surface area contributed by atoms with Crippen LogP contribution in [0.3, 0.4) is 0 Å². The van der Waals surface area contributed by atoms with Crippen LogP contribution in [-0.4, -0.2) is 242 Å². The van der Waals surface area contributed by atoms with Gasteiger partial charge in [0.2, 0.25) is 23.6 Å². The number of aryl methyl sites for hydroxylation is 2. The predicted molar refractivity (Wildman–Crippen MR) is 513 cm³/mol. The van der Waals surface area contributed by atoms with E-state index in [9.17, 15) is 24.3 Å². The normalized spacial score (nSPS) is 17.5. The van der Waals surface area contributed by atoms with Gasteiger partial charge in [0.25, 0.3) is 0 Å². The van der Waals surface area contributed by atoms with Crippen molar-refractivity contribution in [2.75, 3.05) is 170 Å². The fourth-order valence-corrected chi connectivity index (χ4v) is 17.0. The first-order valence-electron chi connectivity index (χ1n) is 42.1. The second-order valence-electron chi connectivity index (χ2n) is 31.3. The van der Waals surface area contributed by atoms with Gasteiger partial charge in [0.05, 0.1) is 51.3 Å². The minimum atomic E-state index is -0.00546. The van der Waals surface area contributed by atoms with E-state index < -0.39 is 0 Å². The van der Waals surface area contributed by atoms with Crippen LogP contribution in [0, 0.1) is 13.8 Å². The number of rotatable bonds is 10. The third-order valence-electron chi connectivity index (χ3n) is 22.8. The summed E-state index contributed by atoms with van der Waals surface area (Å²) in [4.78, 5) is 90.2. The lowest BCUT2D eigenvalue weighted by atomic mass is 10.0. The summed E-state index contributed by atoms with van der Waals surface area (Å²) in [5.74, 6) is 0.865. The maximum atomic E-state index is 11.9. The van der Waals surface area contributed by atoms with Gasteiger partial charge in [0.1, 0.15) is 28.5 Å². The van der Waals surface area contributed by atoms with Crippen LogP contribution >= 0.6 is 48.9 Å². The summed E-state index contributed by atoms with van der Waals surface area (Å²) in [6, 6.07) is 46.3. The van der Waals surface area contributed by atoms with Gasteiger partial charge in [0, 0.05) is 226 Å². The topological polar surface area (TPSA) is 277 Å². The molecule has 16 rings (SSSR count). The SMILES string of the molecule is C=Cc1ccc(N2CCN(C(=S)N/N=C3/CCN(C(C)=O)c4cccnc43)CC2)cc1.CC(=O)N1CC/C(=N/NC(=S)N2CCN(c3cc(C)cc(C)c3)CC2)c2ncccc21.CC(=O)N1CC/C(=N/NC(=S)N2CCN(c3ccc(C(C)C)cc3)CC2)c2ncccc21.CC(=O)N1CC/C(=N/NC(=S)N2CCN(c3ccccc3O)CC2)c2ncccc21. The number of carbonyl (C=O) groups excluding carboxylic acids is 4. The molecule has 8 aliphatic heterocycles. The number of benzene rings is 4. The van der Waals surface area contributed by atoms with Gasteiger partial charge in [-0.3, -0.25) is 60.8 Å². The number of phenols is 1. The largest absolute Gasteiger partial charge is 0.506 e. The van der Waals surface area contributed by atoms with E-state index in [1.165, 1.54) is 33.8 Å². The molecule has 4 aromatic heterocycles. The van der Waals surface area contributed by atoms with Crippen molar-refractivity contribution in [2.24, 2.45) is 20.4 Å². The number of nitrogens with one attached hydrogen (secondary N) is 4.